The van der Waals surface area contributed by atoms with Gasteiger partial charge in [-0.25, -0.2) is 0 Å². The summed E-state index contributed by atoms with van der Waals surface area (Å²) in [7, 11) is 1.59. The Bertz CT molecular complexity index is 798. The van der Waals surface area contributed by atoms with E-state index in [4.69, 9.17) is 4.74 Å². The molecule has 0 aromatic heterocycles. The lowest BCUT2D eigenvalue weighted by Crippen LogP contribution is -2.35. The highest BCUT2D eigenvalue weighted by Crippen LogP contribution is 2.11. The van der Waals surface area contributed by atoms with Crippen molar-refractivity contribution < 1.29 is 19.1 Å². The molecule has 0 heterocycles. The molecule has 2 aromatic rings. The third-order valence-corrected chi connectivity index (χ3v) is 4.25. The van der Waals surface area contributed by atoms with E-state index in [1.54, 1.807) is 31.4 Å². The Morgan fingerprint density at radius 1 is 0.821 bits per heavy atom. The number of hydrogen-bond acceptors (Lipinski definition) is 4. The second-order valence-electron chi connectivity index (χ2n) is 6.51. The van der Waals surface area contributed by atoms with Crippen molar-refractivity contribution >= 4 is 17.6 Å². The molecule has 0 saturated heterocycles. The summed E-state index contributed by atoms with van der Waals surface area (Å²) in [6.45, 7) is 2.62. The molecule has 0 fully saturated rings. The molecule has 0 aliphatic heterocycles. The molecule has 2 amide bonds. The summed E-state index contributed by atoms with van der Waals surface area (Å²) in [6.07, 6.45) is 0.564. The first kappa shape index (κ1) is 21.2. The second-order valence-corrected chi connectivity index (χ2v) is 6.51. The van der Waals surface area contributed by atoms with Gasteiger partial charge in [0.2, 0.25) is 11.8 Å². The van der Waals surface area contributed by atoms with E-state index in [1.165, 1.54) is 0 Å². The predicted molar refractivity (Wildman–Crippen MR) is 107 cm³/mol. The van der Waals surface area contributed by atoms with Crippen molar-refractivity contribution in [3.05, 3.63) is 65.2 Å². The van der Waals surface area contributed by atoms with Gasteiger partial charge in [-0.3, -0.25) is 14.4 Å². The largest absolute Gasteiger partial charge is 0.497 e. The van der Waals surface area contributed by atoms with Gasteiger partial charge in [0.25, 0.3) is 0 Å². The summed E-state index contributed by atoms with van der Waals surface area (Å²) >= 11 is 0. The van der Waals surface area contributed by atoms with E-state index in [2.05, 4.69) is 10.6 Å². The van der Waals surface area contributed by atoms with Crippen LogP contribution in [0.4, 0.5) is 0 Å². The van der Waals surface area contributed by atoms with E-state index in [-0.39, 0.29) is 36.9 Å². The molecule has 0 saturated carbocycles. The number of ketones is 1. The Hall–Kier alpha value is -3.15. The van der Waals surface area contributed by atoms with E-state index in [0.29, 0.717) is 18.7 Å². The monoisotopic (exact) mass is 382 g/mol. The number of aryl methyl sites for hydroxylation is 1. The van der Waals surface area contributed by atoms with E-state index >= 15 is 0 Å². The summed E-state index contributed by atoms with van der Waals surface area (Å²) in [6, 6.07) is 14.6. The lowest BCUT2D eigenvalue weighted by Gasteiger charge is -2.08. The molecule has 0 aliphatic rings. The van der Waals surface area contributed by atoms with Gasteiger partial charge in [0.15, 0.2) is 5.78 Å². The van der Waals surface area contributed by atoms with E-state index < -0.39 is 0 Å². The van der Waals surface area contributed by atoms with Gasteiger partial charge < -0.3 is 15.4 Å². The molecule has 2 N–H and O–H groups in total. The van der Waals surface area contributed by atoms with Crippen LogP contribution in [0.1, 0.15) is 34.3 Å². The van der Waals surface area contributed by atoms with Gasteiger partial charge in [-0.2, -0.15) is 0 Å². The average molecular weight is 382 g/mol. The standard InChI is InChI=1S/C22H26N2O4/c1-16-3-7-18(8-4-16)20(25)11-12-21(26)23-13-14-24-22(27)15-17-5-9-19(28-2)10-6-17/h3-10H,11-15H2,1-2H3,(H,23,26)(H,24,27). The number of amides is 2. The van der Waals surface area contributed by atoms with Crippen LogP contribution in [0.3, 0.4) is 0 Å². The third-order valence-electron chi connectivity index (χ3n) is 4.25. The average Bonchev–Trinajstić information content (AvgIpc) is 2.70. The minimum atomic E-state index is -0.204. The van der Waals surface area contributed by atoms with Crippen LogP contribution in [0.2, 0.25) is 0 Å². The Morgan fingerprint density at radius 3 is 2.04 bits per heavy atom. The van der Waals surface area contributed by atoms with Crippen molar-refractivity contribution in [3.8, 4) is 5.75 Å². The Balaban J connectivity index is 1.60. The molecule has 0 atom stereocenters. The van der Waals surface area contributed by atoms with Crippen LogP contribution in [0.15, 0.2) is 48.5 Å². The lowest BCUT2D eigenvalue weighted by molar-refractivity contribution is -0.122. The summed E-state index contributed by atoms with van der Waals surface area (Å²) in [5, 5.41) is 5.47. The zero-order valence-corrected chi connectivity index (χ0v) is 16.3. The lowest BCUT2D eigenvalue weighted by atomic mass is 10.1. The van der Waals surface area contributed by atoms with Gasteiger partial charge in [-0.1, -0.05) is 42.0 Å². The molecule has 6 nitrogen and oxygen atoms in total. The Labute approximate surface area is 165 Å². The van der Waals surface area contributed by atoms with Crippen LogP contribution in [0.25, 0.3) is 0 Å². The van der Waals surface area contributed by atoms with Crippen molar-refractivity contribution in [3.63, 3.8) is 0 Å². The van der Waals surface area contributed by atoms with Gasteiger partial charge in [-0.05, 0) is 24.6 Å². The summed E-state index contributed by atoms with van der Waals surface area (Å²) < 4.78 is 5.08. The molecule has 148 valence electrons. The first-order valence-electron chi connectivity index (χ1n) is 9.24. The van der Waals surface area contributed by atoms with Gasteiger partial charge in [0.05, 0.1) is 13.5 Å². The first-order valence-corrected chi connectivity index (χ1v) is 9.24. The molecule has 6 heteroatoms. The normalized spacial score (nSPS) is 10.2. The molecule has 2 rings (SSSR count). The van der Waals surface area contributed by atoms with Crippen LogP contribution >= 0.6 is 0 Å². The number of nitrogens with one attached hydrogen (secondary N) is 2. The minimum absolute atomic E-state index is 0.0528. The zero-order valence-electron chi connectivity index (χ0n) is 16.3. The van der Waals surface area contributed by atoms with Gasteiger partial charge in [-0.15, -0.1) is 0 Å². The first-order chi connectivity index (χ1) is 13.5. The Morgan fingerprint density at radius 2 is 1.43 bits per heavy atom. The van der Waals surface area contributed by atoms with Crippen molar-refractivity contribution in [2.45, 2.75) is 26.2 Å². The second kappa shape index (κ2) is 10.9. The maximum absolute atomic E-state index is 12.0. The van der Waals surface area contributed by atoms with E-state index in [0.717, 1.165) is 16.9 Å². The molecule has 0 bridgehead atoms. The van der Waals surface area contributed by atoms with Crippen molar-refractivity contribution in [1.29, 1.82) is 0 Å². The number of Topliss-reactive ketones (excluding diaryl/α,β-unsaturated/α-hetero) is 1. The van der Waals surface area contributed by atoms with Gasteiger partial charge in [0, 0.05) is 31.5 Å². The zero-order chi connectivity index (χ0) is 20.4. The van der Waals surface area contributed by atoms with E-state index in [1.807, 2.05) is 31.2 Å². The molecule has 2 aromatic carbocycles. The molecule has 0 unspecified atom stereocenters. The fraction of sp³-hybridized carbons (Fsp3) is 0.318. The van der Waals surface area contributed by atoms with Crippen LogP contribution in [0, 0.1) is 6.92 Å². The summed E-state index contributed by atoms with van der Waals surface area (Å²) in [5.74, 6) is 0.370. The number of rotatable bonds is 10. The molecule has 0 aliphatic carbocycles. The molecule has 28 heavy (non-hydrogen) atoms. The summed E-state index contributed by atoms with van der Waals surface area (Å²) in [5.41, 5.74) is 2.59. The fourth-order valence-electron chi connectivity index (χ4n) is 2.59. The number of methoxy groups -OCH3 is 1. The van der Waals surface area contributed by atoms with Crippen LogP contribution < -0.4 is 15.4 Å². The van der Waals surface area contributed by atoms with Crippen molar-refractivity contribution in [2.24, 2.45) is 0 Å². The number of benzene rings is 2. The highest BCUT2D eigenvalue weighted by Gasteiger charge is 2.09. The maximum atomic E-state index is 12.0. The third kappa shape index (κ3) is 7.23. The highest BCUT2D eigenvalue weighted by molar-refractivity contribution is 5.97. The van der Waals surface area contributed by atoms with Crippen LogP contribution in [-0.2, 0) is 16.0 Å². The topological polar surface area (TPSA) is 84.5 Å². The number of carbonyl (C=O) groups is 3. The van der Waals surface area contributed by atoms with Crippen molar-refractivity contribution in [1.82, 2.24) is 10.6 Å². The number of carbonyl (C=O) groups excluding carboxylic acids is 3. The van der Waals surface area contributed by atoms with Gasteiger partial charge >= 0.3 is 0 Å². The maximum Gasteiger partial charge on any atom is 0.224 e. The van der Waals surface area contributed by atoms with Crippen LogP contribution in [-0.4, -0.2) is 37.8 Å². The SMILES string of the molecule is COc1ccc(CC(=O)NCCNC(=O)CCC(=O)c2ccc(C)cc2)cc1. The predicted octanol–water partition coefficient (Wildman–Crippen LogP) is 2.44. The van der Waals surface area contributed by atoms with Crippen molar-refractivity contribution in [2.75, 3.05) is 20.2 Å². The smallest absolute Gasteiger partial charge is 0.224 e. The molecule has 0 radical (unpaired) electrons. The molecule has 0 spiro atoms. The molecular formula is C22H26N2O4. The summed E-state index contributed by atoms with van der Waals surface area (Å²) in [4.78, 5) is 35.8. The quantitative estimate of drug-likeness (QED) is 0.488. The Kier molecular flexibility index (Phi) is 8.21. The van der Waals surface area contributed by atoms with E-state index in [9.17, 15) is 14.4 Å². The minimum Gasteiger partial charge on any atom is -0.497 e. The number of hydrogen-bond donors (Lipinski definition) is 2. The molecular weight excluding hydrogens is 356 g/mol. The fourth-order valence-corrected chi connectivity index (χ4v) is 2.59. The van der Waals surface area contributed by atoms with Gasteiger partial charge in [0.1, 0.15) is 5.75 Å². The van der Waals surface area contributed by atoms with Crippen LogP contribution in [0.5, 0.6) is 5.75 Å². The number of ether oxygens (including phenoxy) is 1. The highest BCUT2D eigenvalue weighted by atomic mass is 16.5.